The number of amides is 1. The highest BCUT2D eigenvalue weighted by molar-refractivity contribution is 7.13. The van der Waals surface area contributed by atoms with Crippen LogP contribution in [0.3, 0.4) is 0 Å². The second-order valence-corrected chi connectivity index (χ2v) is 8.00. The molecule has 2 aromatic heterocycles. The number of rotatable bonds is 11. The highest BCUT2D eigenvalue weighted by Crippen LogP contribution is 2.28. The van der Waals surface area contributed by atoms with Crippen LogP contribution < -0.4 is 14.8 Å². The topological polar surface area (TPSA) is 131 Å². The number of ether oxygens (including phenoxy) is 3. The number of anilines is 1. The lowest BCUT2D eigenvalue weighted by molar-refractivity contribution is -0.385. The number of thiophene rings is 1. The third-order valence-corrected chi connectivity index (χ3v) is 5.53. The quantitative estimate of drug-likeness (QED) is 0.188. The molecule has 4 rings (SSSR count). The van der Waals surface area contributed by atoms with Crippen LogP contribution >= 0.6 is 11.3 Å². The van der Waals surface area contributed by atoms with E-state index in [0.717, 1.165) is 10.6 Å². The smallest absolute Gasteiger partial charge is 0.336 e. The van der Waals surface area contributed by atoms with Crippen molar-refractivity contribution in [3.05, 3.63) is 76.2 Å². The molecule has 0 spiro atoms. The third kappa shape index (κ3) is 5.99. The molecule has 1 amide bonds. The lowest BCUT2D eigenvalue weighted by atomic mass is 10.2. The number of hydrogen-bond acceptors (Lipinski definition) is 9. The summed E-state index contributed by atoms with van der Waals surface area (Å²) in [7, 11) is 1.59. The van der Waals surface area contributed by atoms with Crippen LogP contribution in [0.15, 0.2) is 66.0 Å². The van der Waals surface area contributed by atoms with Crippen molar-refractivity contribution in [1.29, 1.82) is 0 Å². The van der Waals surface area contributed by atoms with E-state index in [-0.39, 0.29) is 24.1 Å². The van der Waals surface area contributed by atoms with Crippen molar-refractivity contribution < 1.29 is 23.9 Å². The fourth-order valence-electron chi connectivity index (χ4n) is 3.07. The Morgan fingerprint density at radius 3 is 2.60 bits per heavy atom. The van der Waals surface area contributed by atoms with E-state index in [1.54, 1.807) is 42.1 Å². The van der Waals surface area contributed by atoms with E-state index in [4.69, 9.17) is 14.2 Å². The highest BCUT2D eigenvalue weighted by atomic mass is 32.1. The van der Waals surface area contributed by atoms with Crippen molar-refractivity contribution in [3.8, 4) is 28.1 Å². The van der Waals surface area contributed by atoms with Crippen LogP contribution in [0.1, 0.15) is 0 Å². The molecular weight excluding hydrogens is 474 g/mol. The number of aromatic nitrogens is 3. The van der Waals surface area contributed by atoms with E-state index in [0.29, 0.717) is 24.7 Å². The summed E-state index contributed by atoms with van der Waals surface area (Å²) in [5, 5.41) is 20.2. The summed E-state index contributed by atoms with van der Waals surface area (Å²) >= 11 is 1.53. The van der Waals surface area contributed by atoms with Gasteiger partial charge in [0.2, 0.25) is 0 Å². The summed E-state index contributed by atoms with van der Waals surface area (Å²) in [6.45, 7) is 0.364. The van der Waals surface area contributed by atoms with Gasteiger partial charge in [0.25, 0.3) is 5.91 Å². The molecule has 0 unspecified atom stereocenters. The molecule has 1 N–H and O–H groups in total. The molecule has 4 aromatic rings. The van der Waals surface area contributed by atoms with Gasteiger partial charge < -0.3 is 19.5 Å². The van der Waals surface area contributed by atoms with E-state index in [9.17, 15) is 14.9 Å². The zero-order valence-electron chi connectivity index (χ0n) is 18.6. The number of carbonyl (C=O) groups excluding carboxylic acids is 1. The van der Waals surface area contributed by atoms with Gasteiger partial charge in [0.05, 0.1) is 22.1 Å². The predicted molar refractivity (Wildman–Crippen MR) is 129 cm³/mol. The molecule has 2 aromatic carbocycles. The van der Waals surface area contributed by atoms with Gasteiger partial charge in [-0.25, -0.2) is 4.68 Å². The van der Waals surface area contributed by atoms with Crippen molar-refractivity contribution in [2.75, 3.05) is 32.2 Å². The predicted octanol–water partition coefficient (Wildman–Crippen LogP) is 3.95. The standard InChI is InChI=1S/C23H21N5O6S/c1-32-12-13-33-23-25-22(20-7-4-14-35-20)27(26-23)17-10-8-16(9-11-17)24-21(29)15-34-19-6-3-2-5-18(19)28(30)31/h2-11,14H,12-13,15H2,1H3,(H,24,29). The molecule has 0 radical (unpaired) electrons. The van der Waals surface area contributed by atoms with Crippen LogP contribution in [0.25, 0.3) is 16.4 Å². The molecule has 0 bridgehead atoms. The van der Waals surface area contributed by atoms with Crippen molar-refractivity contribution in [2.45, 2.75) is 0 Å². The van der Waals surface area contributed by atoms with E-state index in [2.05, 4.69) is 15.4 Å². The summed E-state index contributed by atoms with van der Waals surface area (Å²) in [4.78, 5) is 28.2. The number of carbonyl (C=O) groups is 1. The zero-order valence-corrected chi connectivity index (χ0v) is 19.4. The fraction of sp³-hybridized carbons (Fsp3) is 0.174. The molecule has 0 saturated heterocycles. The summed E-state index contributed by atoms with van der Waals surface area (Å²) in [6, 6.07) is 17.0. The van der Waals surface area contributed by atoms with Gasteiger partial charge in [-0.1, -0.05) is 18.2 Å². The normalized spacial score (nSPS) is 10.7. The Morgan fingerprint density at radius 1 is 1.09 bits per heavy atom. The van der Waals surface area contributed by atoms with Crippen LogP contribution in [0, 0.1) is 10.1 Å². The Hall–Kier alpha value is -4.29. The highest BCUT2D eigenvalue weighted by Gasteiger charge is 2.17. The molecule has 0 aliphatic carbocycles. The average Bonchev–Trinajstić information content (AvgIpc) is 3.54. The summed E-state index contributed by atoms with van der Waals surface area (Å²) in [5.41, 5.74) is 1.04. The first kappa shape index (κ1) is 23.9. The van der Waals surface area contributed by atoms with E-state index < -0.39 is 10.8 Å². The minimum absolute atomic E-state index is 0.0267. The Kier molecular flexibility index (Phi) is 7.65. The first-order valence-electron chi connectivity index (χ1n) is 10.4. The number of para-hydroxylation sites is 2. The van der Waals surface area contributed by atoms with Crippen LogP contribution in [-0.2, 0) is 9.53 Å². The first-order chi connectivity index (χ1) is 17.0. The maximum atomic E-state index is 12.3. The first-order valence-corrected chi connectivity index (χ1v) is 11.3. The van der Waals surface area contributed by atoms with Crippen molar-refractivity contribution in [2.24, 2.45) is 0 Å². The second-order valence-electron chi connectivity index (χ2n) is 7.06. The molecule has 0 aliphatic rings. The molecule has 2 heterocycles. The lowest BCUT2D eigenvalue weighted by Crippen LogP contribution is -2.20. The van der Waals surface area contributed by atoms with E-state index >= 15 is 0 Å². The second kappa shape index (κ2) is 11.2. The van der Waals surface area contributed by atoms with Crippen molar-refractivity contribution in [3.63, 3.8) is 0 Å². The van der Waals surface area contributed by atoms with Gasteiger partial charge in [0.1, 0.15) is 6.61 Å². The summed E-state index contributed by atoms with van der Waals surface area (Å²) < 4.78 is 17.6. The SMILES string of the molecule is COCCOc1nc(-c2cccs2)n(-c2ccc(NC(=O)COc3ccccc3[N+](=O)[O-])cc2)n1. The maximum Gasteiger partial charge on any atom is 0.336 e. The molecule has 0 saturated carbocycles. The minimum atomic E-state index is -0.561. The van der Waals surface area contributed by atoms with Gasteiger partial charge >= 0.3 is 11.7 Å². The minimum Gasteiger partial charge on any atom is -0.477 e. The fourth-order valence-corrected chi connectivity index (χ4v) is 3.77. The third-order valence-electron chi connectivity index (χ3n) is 4.66. The molecule has 11 nitrogen and oxygen atoms in total. The van der Waals surface area contributed by atoms with Gasteiger partial charge in [-0.05, 0) is 41.8 Å². The largest absolute Gasteiger partial charge is 0.477 e. The van der Waals surface area contributed by atoms with E-state index in [1.165, 1.54) is 29.5 Å². The summed E-state index contributed by atoms with van der Waals surface area (Å²) in [5.74, 6) is 0.200. The van der Waals surface area contributed by atoms with Crippen molar-refractivity contribution >= 4 is 28.6 Å². The monoisotopic (exact) mass is 495 g/mol. The Labute approximate surface area is 204 Å². The molecule has 180 valence electrons. The van der Waals surface area contributed by atoms with Gasteiger partial charge in [0, 0.05) is 18.9 Å². The maximum absolute atomic E-state index is 12.3. The Balaban J connectivity index is 1.44. The molecule has 0 aliphatic heterocycles. The number of nitro benzene ring substituents is 1. The number of hydrogen-bond donors (Lipinski definition) is 1. The molecule has 0 atom stereocenters. The number of nitro groups is 1. The average molecular weight is 496 g/mol. The summed E-state index contributed by atoms with van der Waals surface area (Å²) in [6.07, 6.45) is 0. The van der Waals surface area contributed by atoms with Gasteiger partial charge in [-0.15, -0.1) is 16.4 Å². The van der Waals surface area contributed by atoms with Crippen LogP contribution in [0.2, 0.25) is 0 Å². The molecule has 35 heavy (non-hydrogen) atoms. The number of methoxy groups -OCH3 is 1. The Morgan fingerprint density at radius 2 is 1.89 bits per heavy atom. The zero-order chi connectivity index (χ0) is 24.6. The van der Waals surface area contributed by atoms with E-state index in [1.807, 2.05) is 17.5 Å². The van der Waals surface area contributed by atoms with Crippen LogP contribution in [-0.4, -0.2) is 52.5 Å². The van der Waals surface area contributed by atoms with Gasteiger partial charge in [-0.3, -0.25) is 14.9 Å². The lowest BCUT2D eigenvalue weighted by Gasteiger charge is -2.09. The molecule has 0 fully saturated rings. The van der Waals surface area contributed by atoms with Crippen LogP contribution in [0.5, 0.6) is 11.8 Å². The number of nitrogens with zero attached hydrogens (tertiary/aromatic N) is 4. The van der Waals surface area contributed by atoms with Gasteiger partial charge in [-0.2, -0.15) is 4.98 Å². The van der Waals surface area contributed by atoms with Gasteiger partial charge in [0.15, 0.2) is 18.2 Å². The van der Waals surface area contributed by atoms with Crippen molar-refractivity contribution in [1.82, 2.24) is 14.8 Å². The number of benzene rings is 2. The molecular formula is C23H21N5O6S. The van der Waals surface area contributed by atoms with Crippen LogP contribution in [0.4, 0.5) is 11.4 Å². The molecule has 12 heteroatoms. The number of nitrogens with one attached hydrogen (secondary N) is 1. The Bertz CT molecular complexity index is 1290.